The molecule has 0 aliphatic carbocycles. The van der Waals surface area contributed by atoms with Crippen molar-refractivity contribution in [3.05, 3.63) is 34.9 Å². The number of halogens is 1. The number of hydrogen-bond donors (Lipinski definition) is 2. The number of nitrogens with two attached hydrogens (primary N) is 1. The topological polar surface area (TPSA) is 49.5 Å². The van der Waals surface area contributed by atoms with Crippen LogP contribution in [0.2, 0.25) is 5.02 Å². The predicted octanol–water partition coefficient (Wildman–Crippen LogP) is 2.19. The largest absolute Gasteiger partial charge is 0.392 e. The van der Waals surface area contributed by atoms with Crippen LogP contribution in [0.25, 0.3) is 0 Å². The third kappa shape index (κ3) is 3.23. The maximum absolute atomic E-state index is 9.80. The van der Waals surface area contributed by atoms with Gasteiger partial charge in [-0.1, -0.05) is 23.7 Å². The number of hydrogen-bond acceptors (Lipinski definition) is 3. The van der Waals surface area contributed by atoms with Crippen molar-refractivity contribution in [1.29, 1.82) is 0 Å². The fourth-order valence-corrected chi connectivity index (χ4v) is 2.87. The van der Waals surface area contributed by atoms with Gasteiger partial charge in [0, 0.05) is 23.7 Å². The fourth-order valence-electron chi connectivity index (χ4n) is 2.74. The summed E-state index contributed by atoms with van der Waals surface area (Å²) in [6.45, 7) is 3.71. The van der Waals surface area contributed by atoms with Crippen molar-refractivity contribution in [3.8, 4) is 0 Å². The Morgan fingerprint density at radius 1 is 1.39 bits per heavy atom. The molecule has 3 N–H and O–H groups in total. The lowest BCUT2D eigenvalue weighted by Gasteiger charge is -2.38. The molecule has 0 spiro atoms. The summed E-state index contributed by atoms with van der Waals surface area (Å²) >= 11 is 5.92. The van der Waals surface area contributed by atoms with E-state index in [1.807, 2.05) is 31.2 Å². The lowest BCUT2D eigenvalue weighted by molar-refractivity contribution is 0.0405. The number of piperidine rings is 1. The Hall–Kier alpha value is -0.610. The molecule has 18 heavy (non-hydrogen) atoms. The molecule has 0 amide bonds. The van der Waals surface area contributed by atoms with Crippen LogP contribution in [-0.4, -0.2) is 35.2 Å². The Labute approximate surface area is 114 Å². The van der Waals surface area contributed by atoms with Crippen LogP contribution in [0.1, 0.15) is 31.4 Å². The third-order valence-corrected chi connectivity index (χ3v) is 3.78. The summed E-state index contributed by atoms with van der Waals surface area (Å²) in [7, 11) is 0. The van der Waals surface area contributed by atoms with E-state index in [1.165, 1.54) is 5.56 Å². The molecular formula is C14H21ClN2O. The maximum atomic E-state index is 9.80. The van der Waals surface area contributed by atoms with Gasteiger partial charge in [-0.05, 0) is 44.0 Å². The maximum Gasteiger partial charge on any atom is 0.0667 e. The van der Waals surface area contributed by atoms with Crippen LogP contribution >= 0.6 is 11.6 Å². The second kappa shape index (κ2) is 6.02. The van der Waals surface area contributed by atoms with E-state index in [9.17, 15) is 5.11 Å². The average molecular weight is 269 g/mol. The Morgan fingerprint density at radius 3 is 2.61 bits per heavy atom. The van der Waals surface area contributed by atoms with Crippen LogP contribution < -0.4 is 5.73 Å². The van der Waals surface area contributed by atoms with Crippen molar-refractivity contribution in [2.45, 2.75) is 38.0 Å². The molecule has 3 unspecified atom stereocenters. The highest BCUT2D eigenvalue weighted by molar-refractivity contribution is 6.30. The average Bonchev–Trinajstić information content (AvgIpc) is 2.32. The van der Waals surface area contributed by atoms with E-state index in [0.29, 0.717) is 6.54 Å². The highest BCUT2D eigenvalue weighted by atomic mass is 35.5. The van der Waals surface area contributed by atoms with Crippen LogP contribution in [0.4, 0.5) is 0 Å². The number of β-amino-alcohol motifs (C(OH)–C–C–N with tert-alkyl or cyclic N) is 1. The molecule has 1 heterocycles. The first-order valence-electron chi connectivity index (χ1n) is 6.51. The van der Waals surface area contributed by atoms with Gasteiger partial charge in [0.1, 0.15) is 0 Å². The fraction of sp³-hybridized carbons (Fsp3) is 0.571. The zero-order chi connectivity index (χ0) is 13.1. The Morgan fingerprint density at radius 2 is 2.06 bits per heavy atom. The van der Waals surface area contributed by atoms with Gasteiger partial charge in [0.2, 0.25) is 0 Å². The molecule has 1 aliphatic heterocycles. The first-order chi connectivity index (χ1) is 8.58. The molecule has 1 aromatic carbocycles. The second-order valence-corrected chi connectivity index (χ2v) is 5.58. The van der Waals surface area contributed by atoms with Gasteiger partial charge in [-0.3, -0.25) is 4.90 Å². The second-order valence-electron chi connectivity index (χ2n) is 5.15. The molecule has 0 aromatic heterocycles. The van der Waals surface area contributed by atoms with Crippen molar-refractivity contribution in [2.75, 3.05) is 13.1 Å². The molecule has 3 atom stereocenters. The molecule has 0 saturated carbocycles. The summed E-state index contributed by atoms with van der Waals surface area (Å²) in [5, 5.41) is 10.5. The lowest BCUT2D eigenvalue weighted by Crippen LogP contribution is -2.46. The van der Waals surface area contributed by atoms with Crippen molar-refractivity contribution in [3.63, 3.8) is 0 Å². The first-order valence-corrected chi connectivity index (χ1v) is 6.89. The first kappa shape index (κ1) is 13.8. The van der Waals surface area contributed by atoms with Gasteiger partial charge in [-0.2, -0.15) is 0 Å². The Bertz CT molecular complexity index is 380. The van der Waals surface area contributed by atoms with Gasteiger partial charge in [0.15, 0.2) is 0 Å². The van der Waals surface area contributed by atoms with E-state index in [2.05, 4.69) is 4.90 Å². The van der Waals surface area contributed by atoms with E-state index < -0.39 is 0 Å². The summed E-state index contributed by atoms with van der Waals surface area (Å²) in [6.07, 6.45) is 1.69. The minimum absolute atomic E-state index is 0.0245. The number of benzene rings is 1. The summed E-state index contributed by atoms with van der Waals surface area (Å²) in [5.41, 5.74) is 7.30. The molecule has 0 radical (unpaired) electrons. The number of rotatable bonds is 3. The SMILES string of the molecule is CC(N)C(c1ccc(Cl)cc1)N1CCCC(O)C1. The monoisotopic (exact) mass is 268 g/mol. The zero-order valence-electron chi connectivity index (χ0n) is 10.7. The normalized spacial score (nSPS) is 24.8. The molecule has 1 saturated heterocycles. The standard InChI is InChI=1S/C14H21ClN2O/c1-10(16)14(11-4-6-12(15)7-5-11)17-8-2-3-13(18)9-17/h4-7,10,13-14,18H,2-3,8-9,16H2,1H3. The van der Waals surface area contributed by atoms with Gasteiger partial charge in [0.25, 0.3) is 0 Å². The summed E-state index contributed by atoms with van der Waals surface area (Å²) in [5.74, 6) is 0. The van der Waals surface area contributed by atoms with Crippen LogP contribution in [-0.2, 0) is 0 Å². The van der Waals surface area contributed by atoms with E-state index in [0.717, 1.165) is 24.4 Å². The van der Waals surface area contributed by atoms with Gasteiger partial charge < -0.3 is 10.8 Å². The van der Waals surface area contributed by atoms with Crippen molar-refractivity contribution in [2.24, 2.45) is 5.73 Å². The number of aliphatic hydroxyl groups excluding tert-OH is 1. The summed E-state index contributed by atoms with van der Waals surface area (Å²) < 4.78 is 0. The molecule has 1 aromatic rings. The van der Waals surface area contributed by atoms with E-state index in [4.69, 9.17) is 17.3 Å². The smallest absolute Gasteiger partial charge is 0.0667 e. The number of aliphatic hydroxyl groups is 1. The van der Waals surface area contributed by atoms with E-state index in [1.54, 1.807) is 0 Å². The van der Waals surface area contributed by atoms with Crippen LogP contribution in [0.5, 0.6) is 0 Å². The molecule has 0 bridgehead atoms. The van der Waals surface area contributed by atoms with Crippen LogP contribution in [0.3, 0.4) is 0 Å². The molecule has 1 fully saturated rings. The van der Waals surface area contributed by atoms with Crippen molar-refractivity contribution < 1.29 is 5.11 Å². The molecule has 4 heteroatoms. The number of nitrogens with zero attached hydrogens (tertiary/aromatic N) is 1. The van der Waals surface area contributed by atoms with Gasteiger partial charge in [0.05, 0.1) is 6.10 Å². The molecule has 3 nitrogen and oxygen atoms in total. The number of likely N-dealkylation sites (tertiary alicyclic amines) is 1. The lowest BCUT2D eigenvalue weighted by atomic mass is 9.96. The predicted molar refractivity (Wildman–Crippen MR) is 74.7 cm³/mol. The van der Waals surface area contributed by atoms with Crippen LogP contribution in [0, 0.1) is 0 Å². The van der Waals surface area contributed by atoms with E-state index >= 15 is 0 Å². The van der Waals surface area contributed by atoms with Gasteiger partial charge in [-0.15, -0.1) is 0 Å². The summed E-state index contributed by atoms with van der Waals surface area (Å²) in [4.78, 5) is 2.28. The highest BCUT2D eigenvalue weighted by Gasteiger charge is 2.28. The van der Waals surface area contributed by atoms with Crippen molar-refractivity contribution in [1.82, 2.24) is 4.90 Å². The molecule has 2 rings (SSSR count). The quantitative estimate of drug-likeness (QED) is 0.884. The molecular weight excluding hydrogens is 248 g/mol. The van der Waals surface area contributed by atoms with Gasteiger partial charge in [-0.25, -0.2) is 0 Å². The van der Waals surface area contributed by atoms with Crippen LogP contribution in [0.15, 0.2) is 24.3 Å². The van der Waals surface area contributed by atoms with E-state index in [-0.39, 0.29) is 18.2 Å². The minimum atomic E-state index is -0.229. The van der Waals surface area contributed by atoms with Gasteiger partial charge >= 0.3 is 0 Å². The molecule has 1 aliphatic rings. The van der Waals surface area contributed by atoms with Crippen molar-refractivity contribution >= 4 is 11.6 Å². The Kier molecular flexibility index (Phi) is 4.62. The third-order valence-electron chi connectivity index (χ3n) is 3.53. The summed E-state index contributed by atoms with van der Waals surface area (Å²) in [6, 6.07) is 8.02. The Balaban J connectivity index is 2.19. The minimum Gasteiger partial charge on any atom is -0.392 e. The molecule has 100 valence electrons. The zero-order valence-corrected chi connectivity index (χ0v) is 11.5. The highest BCUT2D eigenvalue weighted by Crippen LogP contribution is 2.27.